The average Bonchev–Trinajstić information content (AvgIpc) is 3.40. The number of hydrogen-bond donors (Lipinski definition) is 0. The molecular weight excluding hydrogens is 390 g/mol. The van der Waals surface area contributed by atoms with Crippen LogP contribution in [0.15, 0.2) is 18.5 Å². The molecule has 0 saturated carbocycles. The van der Waals surface area contributed by atoms with Gasteiger partial charge >= 0.3 is 0 Å². The molecule has 0 aromatic carbocycles. The first kappa shape index (κ1) is 20.5. The lowest BCUT2D eigenvalue weighted by molar-refractivity contribution is 0.0362. The fraction of sp³-hybridized carbons (Fsp3) is 0.609. The highest BCUT2D eigenvalue weighted by molar-refractivity contribution is 5.64. The smallest absolute Gasteiger partial charge is 0.160 e. The standard InChI is InChI=1S/C23H33N7O/c1-17-18(2)25-21-16-20(22-24-8-11-27(22)3)26-30(21)23(17)29-9-5-4-6-19(29)7-10-28-12-14-31-15-13-28/h8,11,16,19H,4-7,9-10,12-15H2,1-3H3/t19-/m0/s1. The van der Waals surface area contributed by atoms with Gasteiger partial charge in [-0.25, -0.2) is 9.97 Å². The van der Waals surface area contributed by atoms with Crippen LogP contribution < -0.4 is 4.90 Å². The number of nitrogens with zero attached hydrogens (tertiary/aromatic N) is 7. The zero-order valence-corrected chi connectivity index (χ0v) is 18.9. The highest BCUT2D eigenvalue weighted by Crippen LogP contribution is 2.32. The normalized spacial score (nSPS) is 20.6. The van der Waals surface area contributed by atoms with Gasteiger partial charge in [-0.2, -0.15) is 9.61 Å². The Morgan fingerprint density at radius 2 is 1.97 bits per heavy atom. The Labute approximate surface area is 183 Å². The Morgan fingerprint density at radius 3 is 2.74 bits per heavy atom. The molecule has 3 aromatic rings. The predicted molar refractivity (Wildman–Crippen MR) is 122 cm³/mol. The second kappa shape index (κ2) is 8.59. The topological polar surface area (TPSA) is 63.7 Å². The second-order valence-corrected chi connectivity index (χ2v) is 8.89. The predicted octanol–water partition coefficient (Wildman–Crippen LogP) is 2.83. The highest BCUT2D eigenvalue weighted by atomic mass is 16.5. The van der Waals surface area contributed by atoms with Crippen LogP contribution in [-0.4, -0.2) is 74.5 Å². The number of aryl methyl sites for hydroxylation is 2. The number of rotatable bonds is 5. The van der Waals surface area contributed by atoms with E-state index in [1.54, 1.807) is 0 Å². The number of piperidine rings is 1. The van der Waals surface area contributed by atoms with Crippen molar-refractivity contribution in [2.75, 3.05) is 44.3 Å². The molecule has 2 aliphatic heterocycles. The number of morpholine rings is 1. The van der Waals surface area contributed by atoms with Crippen LogP contribution in [0.2, 0.25) is 0 Å². The average molecular weight is 424 g/mol. The van der Waals surface area contributed by atoms with Gasteiger partial charge in [-0.15, -0.1) is 0 Å². The Balaban J connectivity index is 1.49. The van der Waals surface area contributed by atoms with E-state index < -0.39 is 0 Å². The van der Waals surface area contributed by atoms with Crippen LogP contribution in [0.3, 0.4) is 0 Å². The summed E-state index contributed by atoms with van der Waals surface area (Å²) in [5.74, 6) is 2.07. The molecule has 2 fully saturated rings. The van der Waals surface area contributed by atoms with Gasteiger partial charge in [0.05, 0.1) is 13.2 Å². The van der Waals surface area contributed by atoms with Gasteiger partial charge in [0.1, 0.15) is 11.5 Å². The van der Waals surface area contributed by atoms with Crippen molar-refractivity contribution in [2.45, 2.75) is 45.6 Å². The summed E-state index contributed by atoms with van der Waals surface area (Å²) in [5, 5.41) is 4.98. The number of ether oxygens (including phenoxy) is 1. The minimum Gasteiger partial charge on any atom is -0.379 e. The summed E-state index contributed by atoms with van der Waals surface area (Å²) in [6.45, 7) is 10.3. The fourth-order valence-corrected chi connectivity index (χ4v) is 4.98. The maximum Gasteiger partial charge on any atom is 0.160 e. The van der Waals surface area contributed by atoms with Gasteiger partial charge in [-0.05, 0) is 39.5 Å². The minimum atomic E-state index is 0.529. The molecule has 8 heteroatoms. The van der Waals surface area contributed by atoms with Crippen molar-refractivity contribution in [2.24, 2.45) is 7.05 Å². The Kier molecular flexibility index (Phi) is 5.67. The molecule has 8 nitrogen and oxygen atoms in total. The third-order valence-corrected chi connectivity index (χ3v) is 6.88. The Hall–Kier alpha value is -2.45. The van der Waals surface area contributed by atoms with Crippen molar-refractivity contribution >= 4 is 11.5 Å². The van der Waals surface area contributed by atoms with E-state index in [2.05, 4.69) is 39.2 Å². The number of imidazole rings is 1. The molecule has 0 spiro atoms. The minimum absolute atomic E-state index is 0.529. The third kappa shape index (κ3) is 3.94. The van der Waals surface area contributed by atoms with Gasteiger partial charge in [0, 0.05) is 69.0 Å². The van der Waals surface area contributed by atoms with E-state index in [4.69, 9.17) is 14.8 Å². The highest BCUT2D eigenvalue weighted by Gasteiger charge is 2.28. The van der Waals surface area contributed by atoms with E-state index in [9.17, 15) is 0 Å². The number of aromatic nitrogens is 5. The molecule has 2 aliphatic rings. The van der Waals surface area contributed by atoms with E-state index in [-0.39, 0.29) is 0 Å². The zero-order valence-electron chi connectivity index (χ0n) is 18.9. The molecule has 5 heterocycles. The molecule has 0 amide bonds. The molecule has 31 heavy (non-hydrogen) atoms. The van der Waals surface area contributed by atoms with Gasteiger partial charge < -0.3 is 14.2 Å². The van der Waals surface area contributed by atoms with Crippen molar-refractivity contribution < 1.29 is 4.74 Å². The molecule has 0 N–H and O–H groups in total. The molecule has 5 rings (SSSR count). The molecule has 2 saturated heterocycles. The molecule has 1 atom stereocenters. The number of anilines is 1. The number of fused-ring (bicyclic) bond motifs is 1. The van der Waals surface area contributed by atoms with Crippen LogP contribution in [0.1, 0.15) is 36.9 Å². The first-order valence-electron chi connectivity index (χ1n) is 11.5. The molecular formula is C23H33N7O. The maximum absolute atomic E-state index is 5.52. The first-order valence-corrected chi connectivity index (χ1v) is 11.5. The van der Waals surface area contributed by atoms with Crippen LogP contribution in [-0.2, 0) is 11.8 Å². The van der Waals surface area contributed by atoms with Gasteiger partial charge in [-0.3, -0.25) is 4.90 Å². The lowest BCUT2D eigenvalue weighted by Gasteiger charge is -2.39. The molecule has 3 aromatic heterocycles. The summed E-state index contributed by atoms with van der Waals surface area (Å²) < 4.78 is 9.59. The van der Waals surface area contributed by atoms with Crippen LogP contribution in [0, 0.1) is 13.8 Å². The lowest BCUT2D eigenvalue weighted by atomic mass is 9.98. The summed E-state index contributed by atoms with van der Waals surface area (Å²) in [4.78, 5) is 14.5. The van der Waals surface area contributed by atoms with Gasteiger partial charge in [0.2, 0.25) is 0 Å². The molecule has 0 radical (unpaired) electrons. The summed E-state index contributed by atoms with van der Waals surface area (Å²) >= 11 is 0. The van der Waals surface area contributed by atoms with E-state index in [0.29, 0.717) is 6.04 Å². The van der Waals surface area contributed by atoms with Crippen LogP contribution in [0.5, 0.6) is 0 Å². The lowest BCUT2D eigenvalue weighted by Crippen LogP contribution is -2.45. The Bertz CT molecular complexity index is 1050. The van der Waals surface area contributed by atoms with Crippen molar-refractivity contribution in [1.29, 1.82) is 0 Å². The largest absolute Gasteiger partial charge is 0.379 e. The van der Waals surface area contributed by atoms with E-state index >= 15 is 0 Å². The van der Waals surface area contributed by atoms with Crippen LogP contribution in [0.4, 0.5) is 5.82 Å². The summed E-state index contributed by atoms with van der Waals surface area (Å²) in [5.41, 5.74) is 4.06. The van der Waals surface area contributed by atoms with Gasteiger partial charge in [-0.1, -0.05) is 0 Å². The molecule has 0 unspecified atom stereocenters. The van der Waals surface area contributed by atoms with Gasteiger partial charge in [0.15, 0.2) is 11.5 Å². The summed E-state index contributed by atoms with van der Waals surface area (Å²) in [6, 6.07) is 2.59. The summed E-state index contributed by atoms with van der Waals surface area (Å²) in [7, 11) is 2.00. The van der Waals surface area contributed by atoms with Gasteiger partial charge in [0.25, 0.3) is 0 Å². The SMILES string of the molecule is Cc1nc2cc(-c3nccn3C)nn2c(N2CCCC[C@H]2CCN2CCOCC2)c1C. The van der Waals surface area contributed by atoms with Crippen LogP contribution in [0.25, 0.3) is 17.2 Å². The van der Waals surface area contributed by atoms with Crippen molar-refractivity contribution in [3.05, 3.63) is 29.7 Å². The monoisotopic (exact) mass is 423 g/mol. The maximum atomic E-state index is 5.52. The zero-order chi connectivity index (χ0) is 21.4. The number of hydrogen-bond acceptors (Lipinski definition) is 6. The van der Waals surface area contributed by atoms with E-state index in [1.807, 2.05) is 24.0 Å². The van der Waals surface area contributed by atoms with Crippen molar-refractivity contribution in [1.82, 2.24) is 29.0 Å². The van der Waals surface area contributed by atoms with E-state index in [1.165, 1.54) is 37.1 Å². The Morgan fingerprint density at radius 1 is 1.13 bits per heavy atom. The molecule has 0 bridgehead atoms. The van der Waals surface area contributed by atoms with Crippen molar-refractivity contribution in [3.8, 4) is 11.5 Å². The second-order valence-electron chi connectivity index (χ2n) is 8.89. The quantitative estimate of drug-likeness (QED) is 0.629. The van der Waals surface area contributed by atoms with Crippen LogP contribution >= 0.6 is 0 Å². The third-order valence-electron chi connectivity index (χ3n) is 6.88. The van der Waals surface area contributed by atoms with Crippen molar-refractivity contribution in [3.63, 3.8) is 0 Å². The fourth-order valence-electron chi connectivity index (χ4n) is 4.98. The first-order chi connectivity index (χ1) is 15.1. The molecule has 166 valence electrons. The van der Waals surface area contributed by atoms with E-state index in [0.717, 1.165) is 62.3 Å². The molecule has 0 aliphatic carbocycles. The summed E-state index contributed by atoms with van der Waals surface area (Å²) in [6.07, 6.45) is 8.71.